The van der Waals surface area contributed by atoms with E-state index in [0.717, 1.165) is 22.4 Å². The Morgan fingerprint density at radius 2 is 1.59 bits per heavy atom. The van der Waals surface area contributed by atoms with Crippen LogP contribution in [0, 0.1) is 6.92 Å². The van der Waals surface area contributed by atoms with Crippen LogP contribution in [0.3, 0.4) is 0 Å². The fourth-order valence-corrected chi connectivity index (χ4v) is 3.95. The van der Waals surface area contributed by atoms with E-state index in [0.29, 0.717) is 0 Å². The summed E-state index contributed by atoms with van der Waals surface area (Å²) in [6.07, 6.45) is 1.87. The predicted molar refractivity (Wildman–Crippen MR) is 110 cm³/mol. The van der Waals surface area contributed by atoms with E-state index in [-0.39, 0.29) is 0 Å². The van der Waals surface area contributed by atoms with Crippen molar-refractivity contribution in [2.24, 2.45) is 7.05 Å². The average Bonchev–Trinajstić information content (AvgIpc) is 3.00. The van der Waals surface area contributed by atoms with Gasteiger partial charge in [-0.05, 0) is 42.8 Å². The summed E-state index contributed by atoms with van der Waals surface area (Å²) < 4.78 is 4.62. The smallest absolute Gasteiger partial charge is 0.252 e. The summed E-state index contributed by atoms with van der Waals surface area (Å²) in [5, 5.41) is 1.14. The molecule has 3 heteroatoms. The molecule has 0 fully saturated rings. The summed E-state index contributed by atoms with van der Waals surface area (Å²) in [5.41, 5.74) is 6.97. The van der Waals surface area contributed by atoms with Crippen LogP contribution in [0.2, 0.25) is 0 Å². The Balaban J connectivity index is 1.98. The van der Waals surface area contributed by atoms with Gasteiger partial charge in [-0.3, -0.25) is 4.98 Å². The normalized spacial score (nSPS) is 11.3. The van der Waals surface area contributed by atoms with Crippen molar-refractivity contribution in [2.45, 2.75) is 6.92 Å². The number of pyridine rings is 1. The van der Waals surface area contributed by atoms with Gasteiger partial charge in [0, 0.05) is 11.6 Å². The van der Waals surface area contributed by atoms with E-state index in [1.165, 1.54) is 22.2 Å². The molecule has 0 aliphatic rings. The number of imidazole rings is 1. The Labute approximate surface area is 158 Å². The van der Waals surface area contributed by atoms with E-state index in [4.69, 9.17) is 4.98 Å². The largest absolute Gasteiger partial charge is 0.295 e. The van der Waals surface area contributed by atoms with Crippen molar-refractivity contribution >= 4 is 21.9 Å². The van der Waals surface area contributed by atoms with E-state index < -0.39 is 0 Å². The number of fused-ring (bicyclic) bond motifs is 2. The first-order valence-electron chi connectivity index (χ1n) is 9.15. The van der Waals surface area contributed by atoms with E-state index in [1.807, 2.05) is 12.3 Å². The average molecular weight is 350 g/mol. The van der Waals surface area contributed by atoms with Crippen LogP contribution in [0.1, 0.15) is 5.56 Å². The molecule has 0 atom stereocenters. The van der Waals surface area contributed by atoms with Crippen LogP contribution < -0.4 is 4.57 Å². The molecule has 3 aromatic carbocycles. The molecule has 0 spiro atoms. The third-order valence-corrected chi connectivity index (χ3v) is 5.25. The summed E-state index contributed by atoms with van der Waals surface area (Å²) in [4.78, 5) is 4.70. The highest BCUT2D eigenvalue weighted by molar-refractivity contribution is 5.90. The van der Waals surface area contributed by atoms with Crippen molar-refractivity contribution in [3.05, 3.63) is 90.6 Å². The molecular formula is C24H20N3+. The Kier molecular flexibility index (Phi) is 3.54. The van der Waals surface area contributed by atoms with Gasteiger partial charge in [-0.2, -0.15) is 4.57 Å². The van der Waals surface area contributed by atoms with Gasteiger partial charge < -0.3 is 0 Å². The molecule has 0 aliphatic carbocycles. The highest BCUT2D eigenvalue weighted by Crippen LogP contribution is 2.31. The van der Waals surface area contributed by atoms with Crippen LogP contribution in [0.15, 0.2) is 85.1 Å². The lowest BCUT2D eigenvalue weighted by molar-refractivity contribution is -0.633. The molecule has 3 nitrogen and oxygen atoms in total. The number of rotatable bonds is 2. The van der Waals surface area contributed by atoms with Gasteiger partial charge in [0.05, 0.1) is 12.6 Å². The number of aryl methyl sites for hydroxylation is 2. The minimum atomic E-state index is 1.01. The van der Waals surface area contributed by atoms with E-state index in [2.05, 4.69) is 95.9 Å². The molecule has 0 saturated heterocycles. The summed E-state index contributed by atoms with van der Waals surface area (Å²) in [6.45, 7) is 2.17. The lowest BCUT2D eigenvalue weighted by Gasteiger charge is -2.08. The molecule has 0 amide bonds. The maximum absolute atomic E-state index is 4.70. The van der Waals surface area contributed by atoms with Gasteiger partial charge in [0.1, 0.15) is 5.52 Å². The Morgan fingerprint density at radius 3 is 2.48 bits per heavy atom. The first-order chi connectivity index (χ1) is 13.3. The monoisotopic (exact) mass is 350 g/mol. The zero-order valence-electron chi connectivity index (χ0n) is 15.4. The van der Waals surface area contributed by atoms with Crippen molar-refractivity contribution in [3.63, 3.8) is 0 Å². The number of aromatic nitrogens is 3. The Morgan fingerprint density at radius 1 is 0.815 bits per heavy atom. The molecular weight excluding hydrogens is 330 g/mol. The van der Waals surface area contributed by atoms with E-state index in [9.17, 15) is 0 Å². The lowest BCUT2D eigenvalue weighted by Crippen LogP contribution is -2.30. The quantitative estimate of drug-likeness (QED) is 0.412. The topological polar surface area (TPSA) is 21.7 Å². The van der Waals surface area contributed by atoms with Crippen LogP contribution in [-0.2, 0) is 7.05 Å². The maximum Gasteiger partial charge on any atom is 0.295 e. The second-order valence-electron chi connectivity index (χ2n) is 6.87. The molecule has 2 heterocycles. The van der Waals surface area contributed by atoms with Gasteiger partial charge in [0.25, 0.3) is 5.82 Å². The van der Waals surface area contributed by atoms with Crippen molar-refractivity contribution in [2.75, 3.05) is 0 Å². The van der Waals surface area contributed by atoms with Gasteiger partial charge in [-0.15, -0.1) is 0 Å². The summed E-state index contributed by atoms with van der Waals surface area (Å²) in [7, 11) is 2.14. The summed E-state index contributed by atoms with van der Waals surface area (Å²) in [5.74, 6) is 1.16. The molecule has 130 valence electrons. The molecule has 0 N–H and O–H groups in total. The molecule has 0 aliphatic heterocycles. The molecule has 0 bridgehead atoms. The third-order valence-electron chi connectivity index (χ3n) is 5.25. The molecule has 2 aromatic heterocycles. The van der Waals surface area contributed by atoms with Gasteiger partial charge in [-0.1, -0.05) is 48.5 Å². The van der Waals surface area contributed by atoms with Crippen LogP contribution >= 0.6 is 0 Å². The zero-order chi connectivity index (χ0) is 18.4. The van der Waals surface area contributed by atoms with Crippen LogP contribution in [-0.4, -0.2) is 9.55 Å². The number of para-hydroxylation sites is 3. The summed E-state index contributed by atoms with van der Waals surface area (Å²) >= 11 is 0. The molecule has 27 heavy (non-hydrogen) atoms. The van der Waals surface area contributed by atoms with Crippen LogP contribution in [0.25, 0.3) is 39.0 Å². The predicted octanol–water partition coefficient (Wildman–Crippen LogP) is 4.98. The first-order valence-corrected chi connectivity index (χ1v) is 9.15. The molecule has 0 unspecified atom stereocenters. The Hall–Kier alpha value is -3.46. The standard InChI is InChI=1S/C24H20N3/c1-17-9-3-4-12-19(17)24-26(2)20-13-5-6-14-21(20)27(24)22-15-7-10-18-11-8-16-25-23(18)22/h3-16H,1-2H3/q+1. The SMILES string of the molecule is Cc1ccccc1-c1n(-c2cccc3cccnc23)c2ccccc2[n+]1C. The second kappa shape index (κ2) is 6.06. The fourth-order valence-electron chi connectivity index (χ4n) is 3.95. The van der Waals surface area contributed by atoms with Crippen molar-refractivity contribution in [3.8, 4) is 17.1 Å². The fraction of sp³-hybridized carbons (Fsp3) is 0.0833. The van der Waals surface area contributed by atoms with Crippen molar-refractivity contribution in [1.29, 1.82) is 0 Å². The highest BCUT2D eigenvalue weighted by Gasteiger charge is 2.27. The summed E-state index contributed by atoms with van der Waals surface area (Å²) in [6, 6.07) is 27.6. The van der Waals surface area contributed by atoms with Crippen molar-refractivity contribution in [1.82, 2.24) is 9.55 Å². The number of hydrogen-bond donors (Lipinski definition) is 0. The van der Waals surface area contributed by atoms with Crippen LogP contribution in [0.5, 0.6) is 0 Å². The Bertz CT molecular complexity index is 1290. The number of benzene rings is 3. The zero-order valence-corrected chi connectivity index (χ0v) is 15.4. The van der Waals surface area contributed by atoms with E-state index >= 15 is 0 Å². The third kappa shape index (κ3) is 2.36. The van der Waals surface area contributed by atoms with Gasteiger partial charge >= 0.3 is 0 Å². The van der Waals surface area contributed by atoms with Crippen LogP contribution in [0.4, 0.5) is 0 Å². The highest BCUT2D eigenvalue weighted by atomic mass is 15.2. The van der Waals surface area contributed by atoms with Gasteiger partial charge in [0.15, 0.2) is 16.7 Å². The molecule has 5 aromatic rings. The second-order valence-corrected chi connectivity index (χ2v) is 6.87. The van der Waals surface area contributed by atoms with Crippen molar-refractivity contribution < 1.29 is 4.57 Å². The van der Waals surface area contributed by atoms with E-state index in [1.54, 1.807) is 0 Å². The number of hydrogen-bond acceptors (Lipinski definition) is 1. The molecule has 5 rings (SSSR count). The molecule has 0 radical (unpaired) electrons. The minimum Gasteiger partial charge on any atom is -0.252 e. The maximum atomic E-state index is 4.70. The van der Waals surface area contributed by atoms with Gasteiger partial charge in [0.2, 0.25) is 0 Å². The van der Waals surface area contributed by atoms with Gasteiger partial charge in [-0.25, -0.2) is 4.57 Å². The first kappa shape index (κ1) is 15.8. The number of nitrogens with zero attached hydrogens (tertiary/aromatic N) is 3. The molecule has 0 saturated carbocycles. The lowest BCUT2D eigenvalue weighted by atomic mass is 10.1. The minimum absolute atomic E-state index is 1.01.